The minimum absolute atomic E-state index is 0.0112. The van der Waals surface area contributed by atoms with Crippen molar-refractivity contribution >= 4 is 0 Å². The molecule has 2 aromatic rings. The lowest BCUT2D eigenvalue weighted by molar-refractivity contribution is 0.158. The Hall–Kier alpha value is -1.95. The van der Waals surface area contributed by atoms with Crippen LogP contribution < -0.4 is 5.56 Å². The highest BCUT2D eigenvalue weighted by molar-refractivity contribution is 5.08. The molecule has 134 valence electrons. The molecule has 1 saturated heterocycles. The van der Waals surface area contributed by atoms with Crippen molar-refractivity contribution in [3.8, 4) is 0 Å². The fraction of sp³-hybridized carbons (Fsp3) is 0.632. The van der Waals surface area contributed by atoms with Crippen molar-refractivity contribution in [2.75, 3.05) is 13.1 Å². The number of fused-ring (bicyclic) bond motifs is 1. The van der Waals surface area contributed by atoms with Gasteiger partial charge in [0.15, 0.2) is 0 Å². The standard InChI is InChI=1S/C19H27N5O/c1-15-5-6-19(25)24(21-15)13-16-7-10-22(11-8-16)14-18-20-12-17-4-2-3-9-23(17)18/h5-6,12,16H,2-4,7-11,13-14H2,1H3. The number of likely N-dealkylation sites (tertiary alicyclic amines) is 1. The van der Waals surface area contributed by atoms with Crippen LogP contribution in [0.15, 0.2) is 23.1 Å². The van der Waals surface area contributed by atoms with E-state index in [9.17, 15) is 4.79 Å². The Kier molecular flexibility index (Phi) is 4.70. The van der Waals surface area contributed by atoms with Gasteiger partial charge in [0.1, 0.15) is 5.82 Å². The first-order valence-corrected chi connectivity index (χ1v) is 9.49. The molecule has 0 atom stereocenters. The molecule has 0 bridgehead atoms. The molecule has 0 N–H and O–H groups in total. The molecule has 4 heterocycles. The van der Waals surface area contributed by atoms with E-state index in [1.165, 1.54) is 30.8 Å². The molecule has 0 aliphatic carbocycles. The van der Waals surface area contributed by atoms with E-state index in [4.69, 9.17) is 0 Å². The van der Waals surface area contributed by atoms with Crippen molar-refractivity contribution in [1.82, 2.24) is 24.2 Å². The smallest absolute Gasteiger partial charge is 0.266 e. The normalized spacial score (nSPS) is 19.1. The summed E-state index contributed by atoms with van der Waals surface area (Å²) in [4.78, 5) is 19.1. The van der Waals surface area contributed by atoms with Crippen LogP contribution in [-0.4, -0.2) is 37.3 Å². The van der Waals surface area contributed by atoms with Crippen LogP contribution in [-0.2, 0) is 26.1 Å². The Morgan fingerprint density at radius 2 is 2.00 bits per heavy atom. The highest BCUT2D eigenvalue weighted by Crippen LogP contribution is 2.22. The molecule has 2 aliphatic heterocycles. The van der Waals surface area contributed by atoms with E-state index in [-0.39, 0.29) is 5.56 Å². The summed E-state index contributed by atoms with van der Waals surface area (Å²) in [7, 11) is 0. The molecule has 0 amide bonds. The van der Waals surface area contributed by atoms with Gasteiger partial charge in [0.25, 0.3) is 5.56 Å². The van der Waals surface area contributed by atoms with Gasteiger partial charge in [-0.2, -0.15) is 5.10 Å². The molecule has 6 nitrogen and oxygen atoms in total. The van der Waals surface area contributed by atoms with Gasteiger partial charge < -0.3 is 4.57 Å². The first kappa shape index (κ1) is 16.5. The maximum absolute atomic E-state index is 11.9. The van der Waals surface area contributed by atoms with Crippen molar-refractivity contribution < 1.29 is 0 Å². The average molecular weight is 341 g/mol. The van der Waals surface area contributed by atoms with E-state index in [1.54, 1.807) is 16.8 Å². The Morgan fingerprint density at radius 3 is 2.84 bits per heavy atom. The number of aromatic nitrogens is 4. The molecule has 0 radical (unpaired) electrons. The number of piperidine rings is 1. The first-order chi connectivity index (χ1) is 12.2. The second kappa shape index (κ2) is 7.12. The van der Waals surface area contributed by atoms with E-state index >= 15 is 0 Å². The number of hydrogen-bond donors (Lipinski definition) is 0. The summed E-state index contributed by atoms with van der Waals surface area (Å²) in [5, 5.41) is 4.37. The summed E-state index contributed by atoms with van der Waals surface area (Å²) in [5.41, 5.74) is 2.32. The third-order valence-electron chi connectivity index (χ3n) is 5.59. The lowest BCUT2D eigenvalue weighted by atomic mass is 9.97. The van der Waals surface area contributed by atoms with Gasteiger partial charge >= 0.3 is 0 Å². The Labute approximate surface area is 148 Å². The van der Waals surface area contributed by atoms with Crippen molar-refractivity contribution in [2.24, 2.45) is 5.92 Å². The van der Waals surface area contributed by atoms with Crippen molar-refractivity contribution in [3.63, 3.8) is 0 Å². The average Bonchev–Trinajstić information content (AvgIpc) is 3.03. The maximum Gasteiger partial charge on any atom is 0.266 e. The van der Waals surface area contributed by atoms with Crippen LogP contribution in [0.25, 0.3) is 0 Å². The number of imidazole rings is 1. The molecule has 2 aliphatic rings. The van der Waals surface area contributed by atoms with Crippen molar-refractivity contribution in [2.45, 2.75) is 58.7 Å². The highest BCUT2D eigenvalue weighted by atomic mass is 16.1. The van der Waals surface area contributed by atoms with E-state index in [1.807, 2.05) is 6.92 Å². The summed E-state index contributed by atoms with van der Waals surface area (Å²) in [6, 6.07) is 3.41. The summed E-state index contributed by atoms with van der Waals surface area (Å²) < 4.78 is 4.06. The van der Waals surface area contributed by atoms with E-state index in [0.29, 0.717) is 5.92 Å². The largest absolute Gasteiger partial charge is 0.331 e. The number of rotatable bonds is 4. The molecule has 4 rings (SSSR count). The number of hydrogen-bond acceptors (Lipinski definition) is 4. The predicted octanol–water partition coefficient (Wildman–Crippen LogP) is 2.00. The van der Waals surface area contributed by atoms with Crippen LogP contribution in [0.2, 0.25) is 0 Å². The van der Waals surface area contributed by atoms with Crippen molar-refractivity contribution in [1.29, 1.82) is 0 Å². The fourth-order valence-corrected chi connectivity index (χ4v) is 4.08. The van der Waals surface area contributed by atoms with E-state index < -0.39 is 0 Å². The second-order valence-electron chi connectivity index (χ2n) is 7.49. The lowest BCUT2D eigenvalue weighted by Gasteiger charge is -2.32. The summed E-state index contributed by atoms with van der Waals surface area (Å²) >= 11 is 0. The van der Waals surface area contributed by atoms with E-state index in [0.717, 1.165) is 51.3 Å². The molecule has 2 aromatic heterocycles. The third kappa shape index (κ3) is 3.68. The van der Waals surface area contributed by atoms with Gasteiger partial charge in [-0.3, -0.25) is 9.69 Å². The van der Waals surface area contributed by atoms with Crippen LogP contribution >= 0.6 is 0 Å². The van der Waals surface area contributed by atoms with Gasteiger partial charge in [0, 0.05) is 31.0 Å². The molecule has 0 unspecified atom stereocenters. The van der Waals surface area contributed by atoms with Gasteiger partial charge in [-0.15, -0.1) is 0 Å². The summed E-state index contributed by atoms with van der Waals surface area (Å²) in [6.45, 7) is 6.91. The third-order valence-corrected chi connectivity index (χ3v) is 5.59. The van der Waals surface area contributed by atoms with Crippen LogP contribution in [0, 0.1) is 12.8 Å². The summed E-state index contributed by atoms with van der Waals surface area (Å²) in [5.74, 6) is 1.77. The Balaban J connectivity index is 1.33. The van der Waals surface area contributed by atoms with Crippen molar-refractivity contribution in [3.05, 3.63) is 45.9 Å². The number of nitrogens with zero attached hydrogens (tertiary/aromatic N) is 5. The minimum atomic E-state index is 0.0112. The molecule has 0 aromatic carbocycles. The Morgan fingerprint density at radius 1 is 1.16 bits per heavy atom. The molecular formula is C19H27N5O. The Bertz CT molecular complexity index is 785. The SMILES string of the molecule is Cc1ccc(=O)n(CC2CCN(Cc3ncc4n3CCCC4)CC2)n1. The van der Waals surface area contributed by atoms with Crippen LogP contribution in [0.1, 0.15) is 42.9 Å². The first-order valence-electron chi connectivity index (χ1n) is 9.49. The molecule has 25 heavy (non-hydrogen) atoms. The molecule has 1 fully saturated rings. The minimum Gasteiger partial charge on any atom is -0.331 e. The number of aryl methyl sites for hydroxylation is 2. The van der Waals surface area contributed by atoms with Crippen LogP contribution in [0.3, 0.4) is 0 Å². The molecular weight excluding hydrogens is 314 g/mol. The monoisotopic (exact) mass is 341 g/mol. The van der Waals surface area contributed by atoms with Crippen LogP contribution in [0.4, 0.5) is 0 Å². The zero-order valence-electron chi connectivity index (χ0n) is 15.0. The molecule has 0 spiro atoms. The van der Waals surface area contributed by atoms with Gasteiger partial charge in [0.05, 0.1) is 12.2 Å². The quantitative estimate of drug-likeness (QED) is 0.853. The topological polar surface area (TPSA) is 56.0 Å². The zero-order valence-corrected chi connectivity index (χ0v) is 15.0. The van der Waals surface area contributed by atoms with Gasteiger partial charge in [-0.05, 0) is 64.1 Å². The molecule has 6 heteroatoms. The van der Waals surface area contributed by atoms with Gasteiger partial charge in [0.2, 0.25) is 0 Å². The summed E-state index contributed by atoms with van der Waals surface area (Å²) in [6.07, 6.45) is 8.05. The lowest BCUT2D eigenvalue weighted by Crippen LogP contribution is -2.37. The predicted molar refractivity (Wildman–Crippen MR) is 96.4 cm³/mol. The molecule has 0 saturated carbocycles. The van der Waals surface area contributed by atoms with Gasteiger partial charge in [-0.25, -0.2) is 9.67 Å². The highest BCUT2D eigenvalue weighted by Gasteiger charge is 2.22. The van der Waals surface area contributed by atoms with E-state index in [2.05, 4.69) is 25.7 Å². The van der Waals surface area contributed by atoms with Gasteiger partial charge in [-0.1, -0.05) is 0 Å². The second-order valence-corrected chi connectivity index (χ2v) is 7.49. The fourth-order valence-electron chi connectivity index (χ4n) is 4.08. The zero-order chi connectivity index (χ0) is 17.2. The maximum atomic E-state index is 11.9. The van der Waals surface area contributed by atoms with Crippen LogP contribution in [0.5, 0.6) is 0 Å².